The summed E-state index contributed by atoms with van der Waals surface area (Å²) in [5.74, 6) is -3.38. The van der Waals surface area contributed by atoms with E-state index in [1.54, 1.807) is 26.0 Å². The topological polar surface area (TPSA) is 148 Å². The molecule has 11 nitrogen and oxygen atoms in total. The van der Waals surface area contributed by atoms with Crippen LogP contribution in [0, 0.1) is 22.7 Å². The van der Waals surface area contributed by atoms with Gasteiger partial charge in [0.25, 0.3) is 0 Å². The van der Waals surface area contributed by atoms with E-state index >= 15 is 0 Å². The van der Waals surface area contributed by atoms with Crippen molar-refractivity contribution in [3.63, 3.8) is 0 Å². The highest BCUT2D eigenvalue weighted by Gasteiger charge is 2.77. The number of aliphatic hydroxyl groups is 1. The number of allylic oxidation sites excluding steroid dienone is 1. The van der Waals surface area contributed by atoms with E-state index in [2.05, 4.69) is 0 Å². The van der Waals surface area contributed by atoms with Gasteiger partial charge in [0.15, 0.2) is 11.7 Å². The van der Waals surface area contributed by atoms with E-state index < -0.39 is 76.6 Å². The van der Waals surface area contributed by atoms with Crippen LogP contribution in [0.1, 0.15) is 66.2 Å². The Balaban J connectivity index is 1.77. The minimum absolute atomic E-state index is 0.136. The number of methoxy groups -OCH3 is 1. The Labute approximate surface area is 237 Å². The van der Waals surface area contributed by atoms with Crippen molar-refractivity contribution in [1.82, 2.24) is 0 Å². The third-order valence-electron chi connectivity index (χ3n) is 9.71. The number of fused-ring (bicyclic) bond motifs is 4. The Morgan fingerprint density at radius 1 is 1.10 bits per heavy atom. The van der Waals surface area contributed by atoms with Crippen molar-refractivity contribution in [2.45, 2.75) is 84.4 Å². The highest BCUT2D eigenvalue weighted by atomic mass is 16.6. The predicted octanol–water partition coefficient (Wildman–Crippen LogP) is 3.32. The van der Waals surface area contributed by atoms with Gasteiger partial charge in [-0.1, -0.05) is 20.8 Å². The molecule has 8 atom stereocenters. The maximum Gasteiger partial charge on any atom is 0.331 e. The van der Waals surface area contributed by atoms with Gasteiger partial charge in [-0.3, -0.25) is 14.4 Å². The van der Waals surface area contributed by atoms with Crippen LogP contribution in [0.25, 0.3) is 0 Å². The first-order valence-electron chi connectivity index (χ1n) is 13.6. The summed E-state index contributed by atoms with van der Waals surface area (Å²) in [5.41, 5.74) is -3.14. The lowest BCUT2D eigenvalue weighted by atomic mass is 9.46. The average Bonchev–Trinajstić information content (AvgIpc) is 3.50. The number of rotatable bonds is 5. The normalized spacial score (nSPS) is 37.0. The molecule has 2 aliphatic carbocycles. The molecule has 0 aromatic carbocycles. The number of hydrogen-bond acceptors (Lipinski definition) is 11. The SMILES string of the molecule is COC(=O)C[C@H]1C(C)(C)[C@H](OC(C)=O)C[C@@H]2OC3=C(C)C4=CC(=O)O[C@@H](c5ccco5)C4[C@@H](OC(C)=O)[C@]3(O)[C@@]21C. The van der Waals surface area contributed by atoms with E-state index in [9.17, 15) is 24.3 Å². The molecule has 1 aromatic rings. The molecule has 0 spiro atoms. The molecule has 1 aromatic heterocycles. The zero-order valence-corrected chi connectivity index (χ0v) is 24.2. The summed E-state index contributed by atoms with van der Waals surface area (Å²) >= 11 is 0. The van der Waals surface area contributed by atoms with Gasteiger partial charge in [0, 0.05) is 43.6 Å². The van der Waals surface area contributed by atoms with Gasteiger partial charge < -0.3 is 33.2 Å². The molecule has 0 amide bonds. The Morgan fingerprint density at radius 2 is 1.78 bits per heavy atom. The molecule has 2 fully saturated rings. The van der Waals surface area contributed by atoms with Crippen molar-refractivity contribution in [2.24, 2.45) is 22.7 Å². The lowest BCUT2D eigenvalue weighted by Crippen LogP contribution is -2.69. The number of hydrogen-bond donors (Lipinski definition) is 1. The van der Waals surface area contributed by atoms with Crippen molar-refractivity contribution < 1.29 is 52.4 Å². The van der Waals surface area contributed by atoms with Crippen LogP contribution in [-0.4, -0.2) is 60.0 Å². The van der Waals surface area contributed by atoms with E-state index in [1.807, 2.05) is 13.8 Å². The van der Waals surface area contributed by atoms with Crippen LogP contribution in [0.4, 0.5) is 0 Å². The van der Waals surface area contributed by atoms with E-state index in [-0.39, 0.29) is 18.6 Å². The second-order valence-electron chi connectivity index (χ2n) is 12.1. The molecule has 1 N–H and O–H groups in total. The summed E-state index contributed by atoms with van der Waals surface area (Å²) < 4.78 is 34.7. The molecule has 0 bridgehead atoms. The van der Waals surface area contributed by atoms with Gasteiger partial charge >= 0.3 is 23.9 Å². The smallest absolute Gasteiger partial charge is 0.331 e. The van der Waals surface area contributed by atoms with Crippen LogP contribution in [-0.2, 0) is 42.9 Å². The second-order valence-corrected chi connectivity index (χ2v) is 12.1. The minimum Gasteiger partial charge on any atom is -0.490 e. The van der Waals surface area contributed by atoms with Crippen molar-refractivity contribution in [2.75, 3.05) is 7.11 Å². The molecule has 1 saturated carbocycles. The highest BCUT2D eigenvalue weighted by Crippen LogP contribution is 2.69. The van der Waals surface area contributed by atoms with Gasteiger partial charge in [-0.2, -0.15) is 0 Å². The molecule has 11 heteroatoms. The Bertz CT molecular complexity index is 1340. The van der Waals surface area contributed by atoms with E-state index in [1.165, 1.54) is 33.3 Å². The zero-order valence-electron chi connectivity index (χ0n) is 24.2. The summed E-state index contributed by atoms with van der Waals surface area (Å²) in [6, 6.07) is 3.29. The first-order chi connectivity index (χ1) is 19.2. The molecule has 41 heavy (non-hydrogen) atoms. The van der Waals surface area contributed by atoms with Gasteiger partial charge in [0.05, 0.1) is 19.3 Å². The molecule has 4 aliphatic rings. The molecular weight excluding hydrogens is 536 g/mol. The molecular formula is C30H36O11. The van der Waals surface area contributed by atoms with Gasteiger partial charge in [0.2, 0.25) is 0 Å². The van der Waals surface area contributed by atoms with Crippen LogP contribution in [0.2, 0.25) is 0 Å². The van der Waals surface area contributed by atoms with Gasteiger partial charge in [-0.15, -0.1) is 0 Å². The predicted molar refractivity (Wildman–Crippen MR) is 139 cm³/mol. The van der Waals surface area contributed by atoms with Crippen molar-refractivity contribution in [3.8, 4) is 0 Å². The van der Waals surface area contributed by atoms with Gasteiger partial charge in [-0.05, 0) is 36.1 Å². The standard InChI is InChI=1S/C30H36O11/c1-14-17-11-23(34)41-25(18-9-8-10-37-18)24(17)27(39-16(3)32)30(35)26(14)40-21-13-20(38-15(2)31)28(4,5)19(29(21,30)6)12-22(33)36-7/h8-11,19-21,24-25,27,35H,12-13H2,1-7H3/t19-,20+,21-,24?,25-,27+,29+,30-/m0/s1. The third kappa shape index (κ3) is 4.11. The van der Waals surface area contributed by atoms with E-state index in [4.69, 9.17) is 28.1 Å². The van der Waals surface area contributed by atoms with Crippen LogP contribution in [0.3, 0.4) is 0 Å². The van der Waals surface area contributed by atoms with Crippen molar-refractivity contribution in [1.29, 1.82) is 0 Å². The number of carbonyl (C=O) groups excluding carboxylic acids is 4. The largest absolute Gasteiger partial charge is 0.490 e. The highest BCUT2D eigenvalue weighted by molar-refractivity contribution is 5.86. The fraction of sp³-hybridized carbons (Fsp3) is 0.600. The lowest BCUT2D eigenvalue weighted by molar-refractivity contribution is -0.233. The van der Waals surface area contributed by atoms with E-state index in [0.717, 1.165) is 0 Å². The number of ether oxygens (including phenoxy) is 5. The summed E-state index contributed by atoms with van der Waals surface area (Å²) in [6.45, 7) is 9.82. The van der Waals surface area contributed by atoms with Gasteiger partial charge in [0.1, 0.15) is 29.8 Å². The summed E-state index contributed by atoms with van der Waals surface area (Å²) in [7, 11) is 1.28. The molecule has 3 heterocycles. The van der Waals surface area contributed by atoms with Crippen LogP contribution in [0.5, 0.6) is 0 Å². The Kier molecular flexibility index (Phi) is 6.88. The minimum atomic E-state index is -1.98. The van der Waals surface area contributed by atoms with Gasteiger partial charge in [-0.25, -0.2) is 4.79 Å². The number of esters is 4. The molecule has 0 radical (unpaired) electrons. The Hall–Kier alpha value is -3.60. The molecule has 1 unspecified atom stereocenters. The van der Waals surface area contributed by atoms with Crippen LogP contribution in [0.15, 0.2) is 45.8 Å². The molecule has 1 saturated heterocycles. The second kappa shape index (κ2) is 9.75. The zero-order chi connectivity index (χ0) is 30.1. The maximum absolute atomic E-state index is 13.1. The van der Waals surface area contributed by atoms with Crippen LogP contribution >= 0.6 is 0 Å². The fourth-order valence-corrected chi connectivity index (χ4v) is 7.77. The van der Waals surface area contributed by atoms with Crippen molar-refractivity contribution >= 4 is 23.9 Å². The van der Waals surface area contributed by atoms with E-state index in [0.29, 0.717) is 16.9 Å². The summed E-state index contributed by atoms with van der Waals surface area (Å²) in [6.07, 6.45) is -0.924. The molecule has 2 aliphatic heterocycles. The summed E-state index contributed by atoms with van der Waals surface area (Å²) in [5, 5.41) is 13.1. The average molecular weight is 573 g/mol. The quantitative estimate of drug-likeness (QED) is 0.409. The third-order valence-corrected chi connectivity index (χ3v) is 9.71. The summed E-state index contributed by atoms with van der Waals surface area (Å²) in [4.78, 5) is 50.4. The number of furan rings is 1. The fourth-order valence-electron chi connectivity index (χ4n) is 7.77. The number of cyclic esters (lactones) is 1. The molecule has 222 valence electrons. The maximum atomic E-state index is 13.1. The molecule has 5 rings (SSSR count). The Morgan fingerprint density at radius 3 is 2.37 bits per heavy atom. The first-order valence-corrected chi connectivity index (χ1v) is 13.6. The number of carbonyl (C=O) groups is 4. The first kappa shape index (κ1) is 28.9. The monoisotopic (exact) mass is 572 g/mol. The van der Waals surface area contributed by atoms with Crippen LogP contribution < -0.4 is 0 Å². The van der Waals surface area contributed by atoms with Crippen molar-refractivity contribution in [3.05, 3.63) is 47.1 Å². The lowest BCUT2D eigenvalue weighted by Gasteiger charge is -2.59.